The maximum Gasteiger partial charge on any atom is 0.412 e. The summed E-state index contributed by atoms with van der Waals surface area (Å²) in [4.78, 5) is 25.9. The van der Waals surface area contributed by atoms with Crippen molar-refractivity contribution < 1.29 is 19.4 Å². The van der Waals surface area contributed by atoms with Gasteiger partial charge in [-0.1, -0.05) is 28.1 Å². The number of amides is 2. The van der Waals surface area contributed by atoms with Crippen LogP contribution in [0.2, 0.25) is 0 Å². The number of rotatable bonds is 4. The van der Waals surface area contributed by atoms with Crippen molar-refractivity contribution in [1.29, 1.82) is 0 Å². The molecule has 1 fully saturated rings. The number of carbonyl (C=O) groups excluding carboxylic acids is 1. The smallest absolute Gasteiger partial charge is 0.412 e. The second kappa shape index (κ2) is 8.74. The molecule has 1 aliphatic heterocycles. The lowest BCUT2D eigenvalue weighted by Crippen LogP contribution is -2.47. The van der Waals surface area contributed by atoms with Crippen LogP contribution in [0.1, 0.15) is 30.9 Å². The first-order chi connectivity index (χ1) is 14.5. The number of fused-ring (bicyclic) bond motifs is 1. The van der Waals surface area contributed by atoms with Crippen LogP contribution in [-0.4, -0.2) is 45.0 Å². The van der Waals surface area contributed by atoms with Crippen molar-refractivity contribution in [2.45, 2.75) is 31.4 Å². The molecule has 2 heterocycles. The fourth-order valence-electron chi connectivity index (χ4n) is 3.84. The van der Waals surface area contributed by atoms with Gasteiger partial charge in [-0.15, -0.1) is 0 Å². The molecule has 1 aromatic heterocycles. The van der Waals surface area contributed by atoms with Gasteiger partial charge >= 0.3 is 12.2 Å². The molecule has 3 aromatic rings. The number of aromatic amines is 1. The van der Waals surface area contributed by atoms with E-state index in [1.54, 1.807) is 18.3 Å². The van der Waals surface area contributed by atoms with Gasteiger partial charge in [-0.2, -0.15) is 5.10 Å². The number of likely N-dealkylation sites (tertiary alicyclic amines) is 1. The predicted molar refractivity (Wildman–Crippen MR) is 115 cm³/mol. The number of piperidine rings is 1. The molecule has 4 rings (SSSR count). The Morgan fingerprint density at radius 2 is 2.13 bits per heavy atom. The topological polar surface area (TPSA) is 108 Å². The number of hydrogen-bond donors (Lipinski definition) is 3. The van der Waals surface area contributed by atoms with Crippen LogP contribution in [-0.2, 0) is 4.74 Å². The van der Waals surface area contributed by atoms with Crippen molar-refractivity contribution in [3.05, 3.63) is 58.7 Å². The molecular weight excluding hydrogens is 452 g/mol. The maximum atomic E-state index is 12.7. The number of carbonyl (C=O) groups is 2. The molecule has 2 amide bonds. The van der Waals surface area contributed by atoms with E-state index in [0.29, 0.717) is 18.7 Å². The molecule has 1 aliphatic rings. The molecule has 0 spiro atoms. The van der Waals surface area contributed by atoms with Crippen molar-refractivity contribution in [1.82, 2.24) is 15.1 Å². The van der Waals surface area contributed by atoms with Gasteiger partial charge in [-0.3, -0.25) is 10.4 Å². The predicted octanol–water partition coefficient (Wildman–Crippen LogP) is 5.15. The Bertz CT molecular complexity index is 1070. The number of ether oxygens (including phenoxy) is 1. The fraction of sp³-hybridized carbons (Fsp3) is 0.286. The van der Waals surface area contributed by atoms with Gasteiger partial charge in [0.15, 0.2) is 0 Å². The summed E-state index contributed by atoms with van der Waals surface area (Å²) >= 11 is 3.44. The van der Waals surface area contributed by atoms with E-state index in [-0.39, 0.29) is 0 Å². The monoisotopic (exact) mass is 472 g/mol. The average molecular weight is 473 g/mol. The van der Waals surface area contributed by atoms with Crippen LogP contribution in [0.4, 0.5) is 15.3 Å². The number of hydrogen-bond acceptors (Lipinski definition) is 4. The molecule has 8 nitrogen and oxygen atoms in total. The highest BCUT2D eigenvalue weighted by atomic mass is 79.9. The summed E-state index contributed by atoms with van der Waals surface area (Å²) in [6, 6.07) is 12.3. The lowest BCUT2D eigenvalue weighted by molar-refractivity contribution is 0.0178. The van der Waals surface area contributed by atoms with Crippen LogP contribution >= 0.6 is 15.9 Å². The number of nitrogens with zero attached hydrogens (tertiary/aromatic N) is 2. The summed E-state index contributed by atoms with van der Waals surface area (Å²) in [6.45, 7) is 0.423. The van der Waals surface area contributed by atoms with Crippen LogP contribution in [0, 0.1) is 0 Å². The van der Waals surface area contributed by atoms with Gasteiger partial charge < -0.3 is 14.7 Å². The highest BCUT2D eigenvalue weighted by molar-refractivity contribution is 9.10. The number of H-pyrrole nitrogens is 1. The van der Waals surface area contributed by atoms with E-state index in [4.69, 9.17) is 4.74 Å². The van der Waals surface area contributed by atoms with Crippen LogP contribution < -0.4 is 5.32 Å². The zero-order chi connectivity index (χ0) is 21.1. The summed E-state index contributed by atoms with van der Waals surface area (Å²) in [7, 11) is 0. The van der Waals surface area contributed by atoms with E-state index in [2.05, 4.69) is 31.4 Å². The minimum atomic E-state index is -1.01. The minimum absolute atomic E-state index is 0.423. The second-order valence-electron chi connectivity index (χ2n) is 7.22. The van der Waals surface area contributed by atoms with Gasteiger partial charge in [0, 0.05) is 22.1 Å². The van der Waals surface area contributed by atoms with E-state index >= 15 is 0 Å². The van der Waals surface area contributed by atoms with Gasteiger partial charge in [0.25, 0.3) is 0 Å². The molecule has 0 unspecified atom stereocenters. The Morgan fingerprint density at radius 1 is 1.27 bits per heavy atom. The minimum Gasteiger partial charge on any atom is -0.465 e. The molecule has 9 heteroatoms. The Labute approximate surface area is 181 Å². The van der Waals surface area contributed by atoms with E-state index in [9.17, 15) is 14.7 Å². The van der Waals surface area contributed by atoms with Gasteiger partial charge in [0.1, 0.15) is 6.10 Å². The molecule has 2 aromatic carbocycles. The van der Waals surface area contributed by atoms with Crippen molar-refractivity contribution >= 4 is 44.7 Å². The number of benzene rings is 2. The average Bonchev–Trinajstić information content (AvgIpc) is 3.20. The Hall–Kier alpha value is -3.07. The first-order valence-corrected chi connectivity index (χ1v) is 10.5. The third-order valence-corrected chi connectivity index (χ3v) is 5.74. The van der Waals surface area contributed by atoms with Gasteiger partial charge in [0.05, 0.1) is 17.8 Å². The van der Waals surface area contributed by atoms with E-state index in [1.807, 2.05) is 30.3 Å². The quantitative estimate of drug-likeness (QED) is 0.486. The van der Waals surface area contributed by atoms with E-state index < -0.39 is 24.3 Å². The van der Waals surface area contributed by atoms with E-state index in [1.165, 1.54) is 4.90 Å². The third kappa shape index (κ3) is 4.40. The third-order valence-electron chi connectivity index (χ3n) is 5.24. The van der Waals surface area contributed by atoms with Gasteiger partial charge in [0.2, 0.25) is 0 Å². The summed E-state index contributed by atoms with van der Waals surface area (Å²) in [6.07, 6.45) is 1.59. The van der Waals surface area contributed by atoms with Gasteiger partial charge in [-0.05, 0) is 55.2 Å². The lowest BCUT2D eigenvalue weighted by Gasteiger charge is -2.38. The molecule has 2 atom stereocenters. The highest BCUT2D eigenvalue weighted by Gasteiger charge is 2.36. The summed E-state index contributed by atoms with van der Waals surface area (Å²) < 4.78 is 6.64. The van der Waals surface area contributed by atoms with Crippen molar-refractivity contribution in [3.8, 4) is 0 Å². The molecule has 0 radical (unpaired) electrons. The number of aromatic nitrogens is 2. The van der Waals surface area contributed by atoms with Crippen molar-refractivity contribution in [3.63, 3.8) is 0 Å². The highest BCUT2D eigenvalue weighted by Crippen LogP contribution is 2.33. The molecule has 0 bridgehead atoms. The van der Waals surface area contributed by atoms with Gasteiger partial charge in [-0.25, -0.2) is 9.59 Å². The lowest BCUT2D eigenvalue weighted by atomic mass is 9.93. The normalized spacial score (nSPS) is 17.5. The van der Waals surface area contributed by atoms with Crippen molar-refractivity contribution in [2.75, 3.05) is 11.9 Å². The van der Waals surface area contributed by atoms with Crippen LogP contribution in [0.5, 0.6) is 0 Å². The zero-order valence-corrected chi connectivity index (χ0v) is 17.6. The molecule has 30 heavy (non-hydrogen) atoms. The summed E-state index contributed by atoms with van der Waals surface area (Å²) in [5.41, 5.74) is 2.17. The standard InChI is InChI=1S/C21H21BrN4O4/c22-15-5-3-4-13(10-15)19(18-6-1-2-9-26(18)21(28)29)30-20(27)24-16-7-8-17-14(11-16)12-23-25-17/h3-5,7-8,10-12,18-19H,1-2,6,9H2,(H,23,25)(H,24,27)(H,28,29)/t18-,19-/m0/s1. The SMILES string of the molecule is O=C(Nc1ccc2[nH]ncc2c1)O[C@@H](c1cccc(Br)c1)[C@@H]1CCCCN1C(=O)O. The van der Waals surface area contributed by atoms with Crippen LogP contribution in [0.25, 0.3) is 10.9 Å². The summed E-state index contributed by atoms with van der Waals surface area (Å²) in [5.74, 6) is 0. The molecule has 0 aliphatic carbocycles. The Morgan fingerprint density at radius 3 is 2.93 bits per heavy atom. The largest absolute Gasteiger partial charge is 0.465 e. The van der Waals surface area contributed by atoms with Crippen LogP contribution in [0.3, 0.4) is 0 Å². The zero-order valence-electron chi connectivity index (χ0n) is 16.0. The van der Waals surface area contributed by atoms with Crippen molar-refractivity contribution in [2.24, 2.45) is 0 Å². The number of anilines is 1. The molecular formula is C21H21BrN4O4. The fourth-order valence-corrected chi connectivity index (χ4v) is 4.26. The van der Waals surface area contributed by atoms with Crippen LogP contribution in [0.15, 0.2) is 53.1 Å². The molecule has 3 N–H and O–H groups in total. The number of carboxylic acid groups (broad SMARTS) is 1. The maximum absolute atomic E-state index is 12.7. The molecule has 0 saturated carbocycles. The first kappa shape index (κ1) is 20.2. The summed E-state index contributed by atoms with van der Waals surface area (Å²) in [5, 5.41) is 20.1. The van der Waals surface area contributed by atoms with E-state index in [0.717, 1.165) is 33.8 Å². The number of halogens is 1. The Kier molecular flexibility index (Phi) is 5.89. The number of nitrogens with one attached hydrogen (secondary N) is 2. The Balaban J connectivity index is 1.58. The molecule has 156 valence electrons. The second-order valence-corrected chi connectivity index (χ2v) is 8.13. The molecule has 1 saturated heterocycles. The first-order valence-electron chi connectivity index (χ1n) is 9.67.